The second kappa shape index (κ2) is 7.27. The Hall–Kier alpha value is -1.10. The summed E-state index contributed by atoms with van der Waals surface area (Å²) in [6, 6.07) is -0.329. The Bertz CT molecular complexity index is 312. The van der Waals surface area contributed by atoms with E-state index in [2.05, 4.69) is 4.99 Å². The maximum atomic E-state index is 12.6. The molecular weight excluding hydrogens is 229 g/mol. The summed E-state index contributed by atoms with van der Waals surface area (Å²) >= 11 is 0. The van der Waals surface area contributed by atoms with E-state index in [1.807, 2.05) is 6.92 Å². The van der Waals surface area contributed by atoms with Gasteiger partial charge in [0.15, 0.2) is 0 Å². The van der Waals surface area contributed by atoms with E-state index >= 15 is 0 Å². The van der Waals surface area contributed by atoms with Crippen molar-refractivity contribution in [2.24, 2.45) is 10.7 Å². The molecule has 0 unspecified atom stereocenters. The van der Waals surface area contributed by atoms with Crippen LogP contribution in [-0.2, 0) is 0 Å². The van der Waals surface area contributed by atoms with Gasteiger partial charge in [-0.25, -0.2) is 0 Å². The summed E-state index contributed by atoms with van der Waals surface area (Å²) in [6.07, 6.45) is 0.531. The highest BCUT2D eigenvalue weighted by molar-refractivity contribution is 5.80. The Labute approximate surface area is 100 Å². The van der Waals surface area contributed by atoms with E-state index in [1.165, 1.54) is 6.21 Å². The first kappa shape index (κ1) is 15.9. The first-order valence-electron chi connectivity index (χ1n) is 5.56. The van der Waals surface area contributed by atoms with E-state index in [9.17, 15) is 13.2 Å². The van der Waals surface area contributed by atoms with Crippen molar-refractivity contribution in [3.05, 3.63) is 23.4 Å². The first-order valence-corrected chi connectivity index (χ1v) is 5.56. The molecule has 98 valence electrons. The van der Waals surface area contributed by atoms with Gasteiger partial charge in [-0.1, -0.05) is 25.5 Å². The van der Waals surface area contributed by atoms with Gasteiger partial charge in [0.25, 0.3) is 0 Å². The highest BCUT2D eigenvalue weighted by Crippen LogP contribution is 2.27. The molecule has 0 saturated carbocycles. The van der Waals surface area contributed by atoms with Gasteiger partial charge in [-0.15, -0.1) is 0 Å². The lowest BCUT2D eigenvalue weighted by molar-refractivity contribution is -0.0925. The van der Waals surface area contributed by atoms with Gasteiger partial charge >= 0.3 is 6.18 Å². The number of alkyl halides is 3. The molecule has 0 rings (SSSR count). The van der Waals surface area contributed by atoms with Crippen LogP contribution in [0.3, 0.4) is 0 Å². The third-order valence-corrected chi connectivity index (χ3v) is 2.13. The molecule has 0 saturated heterocycles. The molecule has 0 aliphatic heterocycles. The number of hydrogen-bond acceptors (Lipinski definition) is 2. The average molecular weight is 248 g/mol. The molecule has 17 heavy (non-hydrogen) atoms. The van der Waals surface area contributed by atoms with Crippen molar-refractivity contribution < 1.29 is 13.2 Å². The van der Waals surface area contributed by atoms with Crippen molar-refractivity contribution in [3.8, 4) is 0 Å². The smallest absolute Gasteiger partial charge is 0.324 e. The van der Waals surface area contributed by atoms with Crippen LogP contribution in [-0.4, -0.2) is 18.4 Å². The fourth-order valence-electron chi connectivity index (χ4n) is 1.12. The lowest BCUT2D eigenvalue weighted by atomic mass is 10.1. The van der Waals surface area contributed by atoms with Crippen LogP contribution in [0.15, 0.2) is 28.4 Å². The maximum absolute atomic E-state index is 12.6. The molecule has 0 aromatic rings. The molecule has 0 fully saturated rings. The summed E-state index contributed by atoms with van der Waals surface area (Å²) in [7, 11) is 0. The molecule has 0 aliphatic carbocycles. The summed E-state index contributed by atoms with van der Waals surface area (Å²) in [4.78, 5) is 3.49. The fourth-order valence-corrected chi connectivity index (χ4v) is 1.12. The zero-order valence-corrected chi connectivity index (χ0v) is 10.4. The number of nitrogens with two attached hydrogens (primary N) is 1. The summed E-state index contributed by atoms with van der Waals surface area (Å²) in [6.45, 7) is 5.23. The Morgan fingerprint density at radius 3 is 2.35 bits per heavy atom. The quantitative estimate of drug-likeness (QED) is 0.742. The zero-order chi connectivity index (χ0) is 13.5. The molecule has 0 spiro atoms. The van der Waals surface area contributed by atoms with Gasteiger partial charge in [0.1, 0.15) is 5.70 Å². The molecule has 0 bridgehead atoms. The molecule has 1 atom stereocenters. The number of unbranched alkanes of at least 4 members (excludes halogenated alkanes) is 1. The van der Waals surface area contributed by atoms with Crippen LogP contribution in [0.5, 0.6) is 0 Å². The molecule has 0 heterocycles. The Morgan fingerprint density at radius 1 is 1.41 bits per heavy atom. The Kier molecular flexibility index (Phi) is 6.80. The molecule has 0 aromatic heterocycles. The standard InChI is InChI=1S/C12H19F3N2/c1-4-6-7-11(12(13,14)15)17-8-10(5-2)9(3)16/h5,7-9H,4,6,16H2,1-3H3/b10-5+,11-7+,17-8+/t9-/m1/s1. The van der Waals surface area contributed by atoms with Crippen LogP contribution >= 0.6 is 0 Å². The van der Waals surface area contributed by atoms with E-state index in [0.29, 0.717) is 18.4 Å². The van der Waals surface area contributed by atoms with Crippen LogP contribution in [0.25, 0.3) is 0 Å². The van der Waals surface area contributed by atoms with Gasteiger partial charge in [0, 0.05) is 12.3 Å². The van der Waals surface area contributed by atoms with Gasteiger partial charge in [-0.3, -0.25) is 4.99 Å². The van der Waals surface area contributed by atoms with Gasteiger partial charge in [0.05, 0.1) is 0 Å². The van der Waals surface area contributed by atoms with Crippen LogP contribution < -0.4 is 5.73 Å². The monoisotopic (exact) mass is 248 g/mol. The van der Waals surface area contributed by atoms with E-state index < -0.39 is 11.9 Å². The normalized spacial score (nSPS) is 16.6. The summed E-state index contributed by atoms with van der Waals surface area (Å²) in [5.74, 6) is 0. The van der Waals surface area contributed by atoms with E-state index in [0.717, 1.165) is 6.08 Å². The maximum Gasteiger partial charge on any atom is 0.433 e. The first-order chi connectivity index (χ1) is 7.82. The van der Waals surface area contributed by atoms with Crippen molar-refractivity contribution in [1.29, 1.82) is 0 Å². The van der Waals surface area contributed by atoms with E-state index in [4.69, 9.17) is 5.73 Å². The minimum atomic E-state index is -4.41. The third-order valence-electron chi connectivity index (χ3n) is 2.13. The van der Waals surface area contributed by atoms with Crippen molar-refractivity contribution in [2.45, 2.75) is 45.8 Å². The van der Waals surface area contributed by atoms with Gasteiger partial charge in [0.2, 0.25) is 0 Å². The molecule has 0 aliphatic rings. The predicted octanol–water partition coefficient (Wildman–Crippen LogP) is 3.60. The van der Waals surface area contributed by atoms with Crippen molar-refractivity contribution in [3.63, 3.8) is 0 Å². The van der Waals surface area contributed by atoms with E-state index in [1.54, 1.807) is 19.9 Å². The molecule has 2 nitrogen and oxygen atoms in total. The number of rotatable bonds is 5. The molecule has 0 amide bonds. The van der Waals surface area contributed by atoms with Gasteiger partial charge in [-0.2, -0.15) is 13.2 Å². The Morgan fingerprint density at radius 2 is 2.00 bits per heavy atom. The van der Waals surface area contributed by atoms with Crippen LogP contribution in [0.2, 0.25) is 0 Å². The molecule has 2 N–H and O–H groups in total. The Balaban J connectivity index is 4.94. The number of allylic oxidation sites excluding steroid dienone is 3. The lowest BCUT2D eigenvalue weighted by Crippen LogP contribution is -2.19. The van der Waals surface area contributed by atoms with Crippen molar-refractivity contribution in [2.75, 3.05) is 0 Å². The summed E-state index contributed by atoms with van der Waals surface area (Å²) in [5.41, 5.74) is 5.30. The number of halogens is 3. The van der Waals surface area contributed by atoms with Crippen LogP contribution in [0.4, 0.5) is 13.2 Å². The fraction of sp³-hybridized carbons (Fsp3) is 0.583. The SMILES string of the molecule is C\C=C(/C=N/C(=C/CCC)C(F)(F)F)[C@@H](C)N. The van der Waals surface area contributed by atoms with Gasteiger partial charge < -0.3 is 5.73 Å². The minimum absolute atomic E-state index is 0.329. The molecular formula is C12H19F3N2. The number of hydrogen-bond donors (Lipinski definition) is 1. The molecule has 0 aromatic carbocycles. The largest absolute Gasteiger partial charge is 0.433 e. The van der Waals surface area contributed by atoms with Gasteiger partial charge in [-0.05, 0) is 25.8 Å². The highest BCUT2D eigenvalue weighted by Gasteiger charge is 2.33. The van der Waals surface area contributed by atoms with Crippen molar-refractivity contribution >= 4 is 6.21 Å². The van der Waals surface area contributed by atoms with Crippen LogP contribution in [0, 0.1) is 0 Å². The summed E-state index contributed by atoms with van der Waals surface area (Å²) in [5, 5.41) is 0. The third kappa shape index (κ3) is 6.26. The molecule has 0 radical (unpaired) electrons. The lowest BCUT2D eigenvalue weighted by Gasteiger charge is -2.08. The van der Waals surface area contributed by atoms with E-state index in [-0.39, 0.29) is 6.04 Å². The number of nitrogens with zero attached hydrogens (tertiary/aromatic N) is 1. The molecule has 5 heteroatoms. The topological polar surface area (TPSA) is 38.4 Å². The average Bonchev–Trinajstić information content (AvgIpc) is 2.20. The van der Waals surface area contributed by atoms with Crippen molar-refractivity contribution in [1.82, 2.24) is 0 Å². The second-order valence-corrected chi connectivity index (χ2v) is 3.71. The predicted molar refractivity (Wildman–Crippen MR) is 64.9 cm³/mol. The zero-order valence-electron chi connectivity index (χ0n) is 10.4. The number of aliphatic imine (C=N–C) groups is 1. The summed E-state index contributed by atoms with van der Waals surface area (Å²) < 4.78 is 37.7. The highest BCUT2D eigenvalue weighted by atomic mass is 19.4. The van der Waals surface area contributed by atoms with Crippen LogP contribution in [0.1, 0.15) is 33.6 Å². The minimum Gasteiger partial charge on any atom is -0.324 e. The second-order valence-electron chi connectivity index (χ2n) is 3.71.